The summed E-state index contributed by atoms with van der Waals surface area (Å²) in [6.45, 7) is 4.38. The highest BCUT2D eigenvalue weighted by molar-refractivity contribution is 5.92. The van der Waals surface area contributed by atoms with Crippen molar-refractivity contribution in [2.45, 2.75) is 70.1 Å². The van der Waals surface area contributed by atoms with Crippen LogP contribution in [0.1, 0.15) is 52.4 Å². The Morgan fingerprint density at radius 1 is 1.38 bits per heavy atom. The summed E-state index contributed by atoms with van der Waals surface area (Å²) >= 11 is 0. The molecule has 1 N–H and O–H groups in total. The van der Waals surface area contributed by atoms with Gasteiger partial charge in [-0.15, -0.1) is 0 Å². The Balaban J connectivity index is 1.75. The molecular formula is C13H22N2O. The monoisotopic (exact) mass is 222 g/mol. The number of carbonyl (C=O) groups is 1. The van der Waals surface area contributed by atoms with Crippen molar-refractivity contribution >= 4 is 5.91 Å². The van der Waals surface area contributed by atoms with Crippen molar-refractivity contribution < 1.29 is 4.79 Å². The van der Waals surface area contributed by atoms with E-state index in [-0.39, 0.29) is 11.7 Å². The van der Waals surface area contributed by atoms with Crippen LogP contribution in [0.5, 0.6) is 0 Å². The second kappa shape index (κ2) is 3.46. The molecule has 3 aliphatic rings. The Labute approximate surface area is 97.6 Å². The van der Waals surface area contributed by atoms with Crippen molar-refractivity contribution in [2.75, 3.05) is 0 Å². The third-order valence-corrected chi connectivity index (χ3v) is 4.82. The minimum atomic E-state index is -0.133. The molecule has 90 valence electrons. The van der Waals surface area contributed by atoms with E-state index in [1.54, 1.807) is 0 Å². The van der Waals surface area contributed by atoms with Gasteiger partial charge < -0.3 is 4.90 Å². The van der Waals surface area contributed by atoms with Gasteiger partial charge in [0.05, 0.1) is 11.7 Å². The van der Waals surface area contributed by atoms with Gasteiger partial charge in [-0.1, -0.05) is 12.8 Å². The molecule has 3 rings (SSSR count). The van der Waals surface area contributed by atoms with Crippen LogP contribution in [0.3, 0.4) is 0 Å². The van der Waals surface area contributed by atoms with Crippen molar-refractivity contribution in [3.8, 4) is 0 Å². The van der Waals surface area contributed by atoms with Gasteiger partial charge in [0.15, 0.2) is 0 Å². The Morgan fingerprint density at radius 2 is 2.00 bits per heavy atom. The molecule has 3 heteroatoms. The summed E-state index contributed by atoms with van der Waals surface area (Å²) in [7, 11) is 0. The van der Waals surface area contributed by atoms with E-state index in [1.807, 2.05) is 0 Å². The summed E-state index contributed by atoms with van der Waals surface area (Å²) in [4.78, 5) is 14.5. The molecule has 2 aliphatic carbocycles. The van der Waals surface area contributed by atoms with Crippen molar-refractivity contribution in [1.29, 1.82) is 0 Å². The third-order valence-electron chi connectivity index (χ3n) is 4.82. The molecule has 0 radical (unpaired) electrons. The molecule has 1 spiro atoms. The number of rotatable bonds is 2. The molecule has 0 aromatic carbocycles. The van der Waals surface area contributed by atoms with Crippen molar-refractivity contribution in [1.82, 2.24) is 10.2 Å². The van der Waals surface area contributed by atoms with Crippen LogP contribution < -0.4 is 5.32 Å². The molecule has 3 nitrogen and oxygen atoms in total. The van der Waals surface area contributed by atoms with Crippen molar-refractivity contribution in [2.24, 2.45) is 5.92 Å². The molecule has 2 atom stereocenters. The maximum Gasteiger partial charge on any atom is 0.244 e. The highest BCUT2D eigenvalue weighted by Crippen LogP contribution is 2.44. The summed E-state index contributed by atoms with van der Waals surface area (Å²) in [5, 5.41) is 3.48. The van der Waals surface area contributed by atoms with Gasteiger partial charge in [-0.05, 0) is 45.4 Å². The standard InChI is InChI=1S/C13H22N2O/c1-9(11-5-3-4-6-11)15-10(2)14-13(7-8-13)12(15)16/h9-11,14H,3-8H2,1-2H3. The van der Waals surface area contributed by atoms with Crippen LogP contribution in [0.4, 0.5) is 0 Å². The molecule has 2 saturated carbocycles. The first-order chi connectivity index (χ1) is 7.64. The fraction of sp³-hybridized carbons (Fsp3) is 0.923. The van der Waals surface area contributed by atoms with Gasteiger partial charge >= 0.3 is 0 Å². The number of carbonyl (C=O) groups excluding carboxylic acids is 1. The van der Waals surface area contributed by atoms with Gasteiger partial charge in [-0.25, -0.2) is 0 Å². The molecule has 0 aromatic heterocycles. The molecule has 1 amide bonds. The van der Waals surface area contributed by atoms with E-state index < -0.39 is 0 Å². The van der Waals surface area contributed by atoms with Gasteiger partial charge in [0.2, 0.25) is 5.91 Å². The summed E-state index contributed by atoms with van der Waals surface area (Å²) in [6, 6.07) is 0.428. The largest absolute Gasteiger partial charge is 0.323 e. The van der Waals surface area contributed by atoms with Crippen molar-refractivity contribution in [3.63, 3.8) is 0 Å². The van der Waals surface area contributed by atoms with E-state index in [4.69, 9.17) is 0 Å². The molecule has 16 heavy (non-hydrogen) atoms. The van der Waals surface area contributed by atoms with Gasteiger partial charge in [0.1, 0.15) is 0 Å². The van der Waals surface area contributed by atoms with Crippen LogP contribution in [-0.4, -0.2) is 28.6 Å². The van der Waals surface area contributed by atoms with Crippen LogP contribution >= 0.6 is 0 Å². The maximum atomic E-state index is 12.4. The topological polar surface area (TPSA) is 32.3 Å². The zero-order valence-electron chi connectivity index (χ0n) is 10.3. The van der Waals surface area contributed by atoms with E-state index in [9.17, 15) is 4.79 Å². The summed E-state index contributed by atoms with van der Waals surface area (Å²) in [5.74, 6) is 1.11. The summed E-state index contributed by atoms with van der Waals surface area (Å²) in [5.41, 5.74) is -0.133. The average Bonchev–Trinajstić information content (AvgIpc) is 2.76. The van der Waals surface area contributed by atoms with E-state index in [0.717, 1.165) is 18.8 Å². The molecule has 1 saturated heterocycles. The Morgan fingerprint density at radius 3 is 2.50 bits per heavy atom. The fourth-order valence-corrected chi connectivity index (χ4v) is 3.64. The second-order valence-electron chi connectivity index (χ2n) is 5.90. The third kappa shape index (κ3) is 1.41. The minimum Gasteiger partial charge on any atom is -0.323 e. The first-order valence-electron chi connectivity index (χ1n) is 6.74. The quantitative estimate of drug-likeness (QED) is 0.773. The van der Waals surface area contributed by atoms with Crippen LogP contribution in [0.2, 0.25) is 0 Å². The van der Waals surface area contributed by atoms with Gasteiger partial charge in [-0.2, -0.15) is 0 Å². The van der Waals surface area contributed by atoms with Crippen LogP contribution in [-0.2, 0) is 4.79 Å². The first-order valence-corrected chi connectivity index (χ1v) is 6.74. The molecule has 1 heterocycles. The smallest absolute Gasteiger partial charge is 0.244 e. The lowest BCUT2D eigenvalue weighted by molar-refractivity contribution is -0.133. The predicted octanol–water partition coefficient (Wildman–Crippen LogP) is 1.88. The molecule has 1 aliphatic heterocycles. The van der Waals surface area contributed by atoms with Crippen LogP contribution in [0.15, 0.2) is 0 Å². The van der Waals surface area contributed by atoms with Gasteiger partial charge in [0.25, 0.3) is 0 Å². The molecule has 2 unspecified atom stereocenters. The zero-order valence-corrected chi connectivity index (χ0v) is 10.3. The van der Waals surface area contributed by atoms with Crippen LogP contribution in [0.25, 0.3) is 0 Å². The lowest BCUT2D eigenvalue weighted by atomic mass is 9.98. The zero-order chi connectivity index (χ0) is 11.3. The van der Waals surface area contributed by atoms with Gasteiger partial charge in [-0.3, -0.25) is 10.1 Å². The molecule has 3 fully saturated rings. The highest BCUT2D eigenvalue weighted by Gasteiger charge is 2.59. The van der Waals surface area contributed by atoms with E-state index in [0.29, 0.717) is 11.9 Å². The summed E-state index contributed by atoms with van der Waals surface area (Å²) in [6.07, 6.45) is 7.66. The first kappa shape index (κ1) is 10.6. The number of hydrogen-bond acceptors (Lipinski definition) is 2. The molecular weight excluding hydrogens is 200 g/mol. The van der Waals surface area contributed by atoms with E-state index in [1.165, 1.54) is 25.7 Å². The second-order valence-corrected chi connectivity index (χ2v) is 5.90. The minimum absolute atomic E-state index is 0.133. The fourth-order valence-electron chi connectivity index (χ4n) is 3.64. The van der Waals surface area contributed by atoms with Crippen LogP contribution in [0, 0.1) is 5.92 Å². The maximum absolute atomic E-state index is 12.4. The highest BCUT2D eigenvalue weighted by atomic mass is 16.2. The number of nitrogens with one attached hydrogen (secondary N) is 1. The average molecular weight is 222 g/mol. The predicted molar refractivity (Wildman–Crippen MR) is 62.8 cm³/mol. The number of hydrogen-bond donors (Lipinski definition) is 1. The van der Waals surface area contributed by atoms with Crippen molar-refractivity contribution in [3.05, 3.63) is 0 Å². The van der Waals surface area contributed by atoms with E-state index in [2.05, 4.69) is 24.1 Å². The lowest BCUT2D eigenvalue weighted by Crippen LogP contribution is -2.44. The summed E-state index contributed by atoms with van der Waals surface area (Å²) < 4.78 is 0. The molecule has 0 bridgehead atoms. The Hall–Kier alpha value is -0.570. The Bertz CT molecular complexity index is 305. The Kier molecular flexibility index (Phi) is 2.29. The normalized spacial score (nSPS) is 35.0. The van der Waals surface area contributed by atoms with E-state index >= 15 is 0 Å². The number of amides is 1. The van der Waals surface area contributed by atoms with Gasteiger partial charge in [0, 0.05) is 6.04 Å². The molecule has 0 aromatic rings. The lowest BCUT2D eigenvalue weighted by Gasteiger charge is -2.32. The number of nitrogens with zero attached hydrogens (tertiary/aromatic N) is 1. The SMILES string of the molecule is CC1NC2(CC2)C(=O)N1C(C)C1CCCC1.